The molecule has 26 heavy (non-hydrogen) atoms. The number of anilines is 1. The van der Waals surface area contributed by atoms with E-state index in [4.69, 9.17) is 4.52 Å². The molecule has 0 atom stereocenters. The summed E-state index contributed by atoms with van der Waals surface area (Å²) in [4.78, 5) is 38.6. The van der Waals surface area contributed by atoms with Gasteiger partial charge in [0.1, 0.15) is 5.76 Å². The summed E-state index contributed by atoms with van der Waals surface area (Å²) in [5.74, 6) is 0.569. The summed E-state index contributed by atoms with van der Waals surface area (Å²) in [6, 6.07) is 4.45. The summed E-state index contributed by atoms with van der Waals surface area (Å²) in [6.07, 6.45) is 0. The van der Waals surface area contributed by atoms with E-state index in [-0.39, 0.29) is 23.4 Å². The molecule has 2 amide bonds. The molecule has 10 nitrogen and oxygen atoms in total. The number of nitrogens with zero attached hydrogens (tertiary/aromatic N) is 4. The van der Waals surface area contributed by atoms with Gasteiger partial charge in [0.05, 0.1) is 16.3 Å². The lowest BCUT2D eigenvalue weighted by Crippen LogP contribution is -2.50. The summed E-state index contributed by atoms with van der Waals surface area (Å²) < 4.78 is 4.89. The first-order valence-electron chi connectivity index (χ1n) is 7.91. The van der Waals surface area contributed by atoms with Gasteiger partial charge in [-0.3, -0.25) is 24.6 Å². The molecule has 0 aromatic carbocycles. The molecule has 0 radical (unpaired) electrons. The molecule has 1 aliphatic rings. The average molecular weight is 379 g/mol. The first-order valence-corrected chi connectivity index (χ1v) is 8.73. The number of hydrogen-bond donors (Lipinski definition) is 1. The van der Waals surface area contributed by atoms with E-state index in [2.05, 4.69) is 10.5 Å². The molecule has 0 saturated carbocycles. The van der Waals surface area contributed by atoms with Crippen molar-refractivity contribution in [1.29, 1.82) is 0 Å². The first-order chi connectivity index (χ1) is 12.4. The molecule has 0 spiro atoms. The fraction of sp³-hybridized carbons (Fsp3) is 0.400. The number of carbonyl (C=O) groups excluding carboxylic acids is 2. The normalized spacial score (nSPS) is 15.0. The second kappa shape index (κ2) is 7.62. The van der Waals surface area contributed by atoms with E-state index in [1.165, 1.54) is 12.1 Å². The van der Waals surface area contributed by atoms with Crippen molar-refractivity contribution in [1.82, 2.24) is 15.0 Å². The molecule has 2 aromatic rings. The number of hydrogen-bond acceptors (Lipinski definition) is 8. The lowest BCUT2D eigenvalue weighted by molar-refractivity contribution is -0.380. The van der Waals surface area contributed by atoms with Crippen LogP contribution < -0.4 is 5.32 Å². The zero-order chi connectivity index (χ0) is 18.7. The van der Waals surface area contributed by atoms with Crippen molar-refractivity contribution >= 4 is 34.0 Å². The van der Waals surface area contributed by atoms with E-state index >= 15 is 0 Å². The van der Waals surface area contributed by atoms with Crippen LogP contribution in [0.25, 0.3) is 0 Å². The van der Waals surface area contributed by atoms with Crippen molar-refractivity contribution in [3.63, 3.8) is 0 Å². The summed E-state index contributed by atoms with van der Waals surface area (Å²) in [7, 11) is 0. The number of rotatable bonds is 5. The van der Waals surface area contributed by atoms with Gasteiger partial charge in [-0.25, -0.2) is 0 Å². The van der Waals surface area contributed by atoms with Crippen LogP contribution in [-0.4, -0.2) is 64.4 Å². The number of nitro groups is 1. The van der Waals surface area contributed by atoms with Crippen LogP contribution in [0.5, 0.6) is 0 Å². The Kier molecular flexibility index (Phi) is 5.28. The minimum atomic E-state index is -0.506. The Hall–Kier alpha value is -2.79. The summed E-state index contributed by atoms with van der Waals surface area (Å²) >= 11 is 0.874. The highest BCUT2D eigenvalue weighted by atomic mass is 32.1. The van der Waals surface area contributed by atoms with Gasteiger partial charge >= 0.3 is 5.00 Å². The third-order valence-electron chi connectivity index (χ3n) is 3.90. The van der Waals surface area contributed by atoms with Gasteiger partial charge in [-0.15, -0.1) is 0 Å². The van der Waals surface area contributed by atoms with Gasteiger partial charge in [-0.2, -0.15) is 0 Å². The van der Waals surface area contributed by atoms with Crippen molar-refractivity contribution in [2.45, 2.75) is 6.92 Å². The zero-order valence-electron chi connectivity index (χ0n) is 14.0. The summed E-state index contributed by atoms with van der Waals surface area (Å²) in [5, 5.41) is 17.0. The summed E-state index contributed by atoms with van der Waals surface area (Å²) in [5.41, 5.74) is 0. The van der Waals surface area contributed by atoms with E-state index in [0.29, 0.717) is 42.6 Å². The number of carbonyl (C=O) groups is 2. The number of aromatic nitrogens is 1. The van der Waals surface area contributed by atoms with Crippen LogP contribution in [0.4, 0.5) is 10.8 Å². The van der Waals surface area contributed by atoms with Crippen LogP contribution in [0.1, 0.15) is 15.4 Å². The minimum absolute atomic E-state index is 0.0493. The molecule has 1 N–H and O–H groups in total. The van der Waals surface area contributed by atoms with Crippen molar-refractivity contribution in [3.05, 3.63) is 39.0 Å². The largest absolute Gasteiger partial charge is 0.360 e. The molecule has 2 aromatic heterocycles. The van der Waals surface area contributed by atoms with Gasteiger partial charge in [-0.1, -0.05) is 16.5 Å². The molecule has 1 fully saturated rings. The highest BCUT2D eigenvalue weighted by molar-refractivity contribution is 7.17. The van der Waals surface area contributed by atoms with Gasteiger partial charge in [0.15, 0.2) is 5.82 Å². The quantitative estimate of drug-likeness (QED) is 0.614. The molecule has 3 rings (SSSR count). The first kappa shape index (κ1) is 18.0. The Balaban J connectivity index is 1.48. The fourth-order valence-electron chi connectivity index (χ4n) is 2.62. The molecule has 1 saturated heterocycles. The van der Waals surface area contributed by atoms with Crippen LogP contribution in [0.2, 0.25) is 0 Å². The SMILES string of the molecule is Cc1cc(NC(=O)CN2CCN(C(=O)c3ccc([N+](=O)[O-])s3)CC2)no1. The number of aryl methyl sites for hydroxylation is 1. The third kappa shape index (κ3) is 4.24. The Labute approximate surface area is 152 Å². The third-order valence-corrected chi connectivity index (χ3v) is 4.93. The molecule has 0 aliphatic carbocycles. The van der Waals surface area contributed by atoms with E-state index in [9.17, 15) is 19.7 Å². The Morgan fingerprint density at radius 1 is 1.35 bits per heavy atom. The van der Waals surface area contributed by atoms with Crippen molar-refractivity contribution in [2.24, 2.45) is 0 Å². The van der Waals surface area contributed by atoms with Gasteiger partial charge < -0.3 is 14.7 Å². The van der Waals surface area contributed by atoms with Crippen molar-refractivity contribution in [3.8, 4) is 0 Å². The average Bonchev–Trinajstić information content (AvgIpc) is 3.24. The van der Waals surface area contributed by atoms with E-state index in [1.54, 1.807) is 17.9 Å². The zero-order valence-corrected chi connectivity index (χ0v) is 14.8. The number of nitrogens with one attached hydrogen (secondary N) is 1. The van der Waals surface area contributed by atoms with Crippen molar-refractivity contribution < 1.29 is 19.0 Å². The highest BCUT2D eigenvalue weighted by Gasteiger charge is 2.25. The molecule has 1 aliphatic heterocycles. The monoisotopic (exact) mass is 379 g/mol. The Bertz CT molecular complexity index is 824. The molecule has 3 heterocycles. The summed E-state index contributed by atoms with van der Waals surface area (Å²) in [6.45, 7) is 3.94. The van der Waals surface area contributed by atoms with Crippen LogP contribution in [0.3, 0.4) is 0 Å². The van der Waals surface area contributed by atoms with E-state index in [1.807, 2.05) is 4.90 Å². The highest BCUT2D eigenvalue weighted by Crippen LogP contribution is 2.25. The second-order valence-electron chi connectivity index (χ2n) is 5.83. The van der Waals surface area contributed by atoms with E-state index < -0.39 is 4.92 Å². The predicted molar refractivity (Wildman–Crippen MR) is 93.2 cm³/mol. The smallest absolute Gasteiger partial charge is 0.324 e. The lowest BCUT2D eigenvalue weighted by Gasteiger charge is -2.33. The Morgan fingerprint density at radius 2 is 2.08 bits per heavy atom. The molecular formula is C15H17N5O5S. The van der Waals surface area contributed by atoms with Crippen molar-refractivity contribution in [2.75, 3.05) is 38.0 Å². The van der Waals surface area contributed by atoms with Gasteiger partial charge in [0.2, 0.25) is 5.91 Å². The molecule has 0 unspecified atom stereocenters. The minimum Gasteiger partial charge on any atom is -0.360 e. The number of piperazine rings is 1. The maximum absolute atomic E-state index is 12.4. The van der Waals surface area contributed by atoms with Gasteiger partial charge in [0.25, 0.3) is 5.91 Å². The fourth-order valence-corrected chi connectivity index (χ4v) is 3.40. The maximum atomic E-state index is 12.4. The second-order valence-corrected chi connectivity index (χ2v) is 6.90. The predicted octanol–water partition coefficient (Wildman–Crippen LogP) is 1.35. The van der Waals surface area contributed by atoms with Crippen LogP contribution in [0, 0.1) is 17.0 Å². The molecule has 11 heteroatoms. The number of thiophene rings is 1. The lowest BCUT2D eigenvalue weighted by atomic mass is 10.3. The van der Waals surface area contributed by atoms with E-state index in [0.717, 1.165) is 11.3 Å². The Morgan fingerprint density at radius 3 is 2.65 bits per heavy atom. The number of amides is 2. The topological polar surface area (TPSA) is 122 Å². The molecular weight excluding hydrogens is 362 g/mol. The molecule has 138 valence electrons. The standard InChI is InChI=1S/C15H17N5O5S/c1-10-8-12(17-25-10)16-13(21)9-18-4-6-19(7-5-18)15(22)11-2-3-14(26-11)20(23)24/h2-3,8H,4-7,9H2,1H3,(H,16,17,21). The van der Waals surface area contributed by atoms with Crippen LogP contribution in [0.15, 0.2) is 22.7 Å². The van der Waals surface area contributed by atoms with Gasteiger partial charge in [0, 0.05) is 38.3 Å². The maximum Gasteiger partial charge on any atom is 0.324 e. The molecule has 0 bridgehead atoms. The van der Waals surface area contributed by atoms with Crippen LogP contribution in [-0.2, 0) is 4.79 Å². The van der Waals surface area contributed by atoms with Gasteiger partial charge in [-0.05, 0) is 13.0 Å². The van der Waals surface area contributed by atoms with Crippen LogP contribution >= 0.6 is 11.3 Å².